The summed E-state index contributed by atoms with van der Waals surface area (Å²) in [5.74, 6) is -0.333. The number of halogens is 1. The number of benzene rings is 2. The first-order valence-corrected chi connectivity index (χ1v) is 6.69. The summed E-state index contributed by atoms with van der Waals surface area (Å²) >= 11 is 3.28. The van der Waals surface area contributed by atoms with Gasteiger partial charge in [0.05, 0.1) is 11.1 Å². The van der Waals surface area contributed by atoms with Crippen LogP contribution in [-0.4, -0.2) is 17.0 Å². The van der Waals surface area contributed by atoms with E-state index in [1.807, 2.05) is 0 Å². The quantitative estimate of drug-likeness (QED) is 0.523. The third kappa shape index (κ3) is 4.22. The van der Waals surface area contributed by atoms with E-state index in [1.165, 1.54) is 18.3 Å². The fraction of sp³-hybridized carbons (Fsp3) is 0. The molecule has 1 amide bonds. The highest BCUT2D eigenvalue weighted by Gasteiger charge is 2.04. The van der Waals surface area contributed by atoms with Crippen molar-refractivity contribution in [3.63, 3.8) is 0 Å². The summed E-state index contributed by atoms with van der Waals surface area (Å²) in [6.45, 7) is 0. The number of nitro benzene ring substituents is 1. The normalized spacial score (nSPS) is 10.5. The van der Waals surface area contributed by atoms with Gasteiger partial charge in [0.25, 0.3) is 11.6 Å². The zero-order valence-electron chi connectivity index (χ0n) is 10.7. The van der Waals surface area contributed by atoms with Crippen molar-refractivity contribution in [1.82, 2.24) is 5.43 Å². The summed E-state index contributed by atoms with van der Waals surface area (Å²) in [7, 11) is 0. The molecule has 0 fully saturated rings. The van der Waals surface area contributed by atoms with Crippen LogP contribution in [-0.2, 0) is 0 Å². The van der Waals surface area contributed by atoms with E-state index >= 15 is 0 Å². The average Bonchev–Trinajstić information content (AvgIpc) is 2.48. The molecule has 0 bridgehead atoms. The predicted octanol–water partition coefficient (Wildman–Crippen LogP) is 3.12. The van der Waals surface area contributed by atoms with Gasteiger partial charge in [-0.15, -0.1) is 0 Å². The Morgan fingerprint density at radius 3 is 2.33 bits per heavy atom. The molecule has 0 spiro atoms. The molecule has 106 valence electrons. The minimum atomic E-state index is -0.476. The molecule has 0 aliphatic rings. The fourth-order valence-electron chi connectivity index (χ4n) is 1.51. The van der Waals surface area contributed by atoms with Crippen molar-refractivity contribution in [1.29, 1.82) is 0 Å². The lowest BCUT2D eigenvalue weighted by Gasteiger charge is -1.99. The van der Waals surface area contributed by atoms with Crippen LogP contribution in [0.5, 0.6) is 0 Å². The molecule has 0 unspecified atom stereocenters. The van der Waals surface area contributed by atoms with Crippen LogP contribution in [0, 0.1) is 10.1 Å². The molecule has 0 atom stereocenters. The standard InChI is InChI=1S/C14H10BrN3O3/c15-12-5-3-11(4-6-12)14(19)17-16-9-10-1-7-13(8-2-10)18(20)21/h1-9H,(H,17,19)/b16-9+. The van der Waals surface area contributed by atoms with Crippen molar-refractivity contribution < 1.29 is 9.72 Å². The second kappa shape index (κ2) is 6.76. The summed E-state index contributed by atoms with van der Waals surface area (Å²) < 4.78 is 0.883. The molecule has 0 radical (unpaired) electrons. The molecule has 0 saturated heterocycles. The molecule has 0 aromatic heterocycles. The van der Waals surface area contributed by atoms with Crippen molar-refractivity contribution in [2.45, 2.75) is 0 Å². The number of amides is 1. The summed E-state index contributed by atoms with van der Waals surface area (Å²) in [6, 6.07) is 12.7. The lowest BCUT2D eigenvalue weighted by atomic mass is 10.2. The van der Waals surface area contributed by atoms with Gasteiger partial charge in [-0.3, -0.25) is 14.9 Å². The van der Waals surface area contributed by atoms with Crippen molar-refractivity contribution >= 4 is 33.7 Å². The molecule has 6 nitrogen and oxygen atoms in total. The Morgan fingerprint density at radius 1 is 1.14 bits per heavy atom. The number of hydrogen-bond acceptors (Lipinski definition) is 4. The topological polar surface area (TPSA) is 84.6 Å². The highest BCUT2D eigenvalue weighted by atomic mass is 79.9. The van der Waals surface area contributed by atoms with Crippen LogP contribution >= 0.6 is 15.9 Å². The van der Waals surface area contributed by atoms with Crippen LogP contribution < -0.4 is 5.43 Å². The van der Waals surface area contributed by atoms with Gasteiger partial charge in [0, 0.05) is 22.2 Å². The van der Waals surface area contributed by atoms with Crippen LogP contribution in [0.4, 0.5) is 5.69 Å². The summed E-state index contributed by atoms with van der Waals surface area (Å²) in [5.41, 5.74) is 3.53. The highest BCUT2D eigenvalue weighted by molar-refractivity contribution is 9.10. The monoisotopic (exact) mass is 347 g/mol. The Kier molecular flexibility index (Phi) is 4.78. The molecule has 0 aliphatic heterocycles. The van der Waals surface area contributed by atoms with Crippen molar-refractivity contribution in [2.75, 3.05) is 0 Å². The minimum absolute atomic E-state index is 0.00560. The molecule has 0 heterocycles. The molecular weight excluding hydrogens is 338 g/mol. The van der Waals surface area contributed by atoms with E-state index in [1.54, 1.807) is 36.4 Å². The zero-order chi connectivity index (χ0) is 15.2. The molecule has 2 aromatic rings. The zero-order valence-corrected chi connectivity index (χ0v) is 12.3. The second-order valence-electron chi connectivity index (χ2n) is 4.05. The van der Waals surface area contributed by atoms with Gasteiger partial charge in [-0.1, -0.05) is 15.9 Å². The number of nitrogens with zero attached hydrogens (tertiary/aromatic N) is 2. The van der Waals surface area contributed by atoms with Gasteiger partial charge in [-0.25, -0.2) is 5.43 Å². The molecular formula is C14H10BrN3O3. The lowest BCUT2D eigenvalue weighted by Crippen LogP contribution is -2.17. The van der Waals surface area contributed by atoms with Crippen molar-refractivity contribution in [3.8, 4) is 0 Å². The Morgan fingerprint density at radius 2 is 1.76 bits per heavy atom. The Balaban J connectivity index is 1.97. The Labute approximate surface area is 128 Å². The maximum absolute atomic E-state index is 11.8. The molecule has 0 saturated carbocycles. The van der Waals surface area contributed by atoms with Gasteiger partial charge in [0.1, 0.15) is 0 Å². The van der Waals surface area contributed by atoms with E-state index in [2.05, 4.69) is 26.5 Å². The first-order chi connectivity index (χ1) is 10.1. The van der Waals surface area contributed by atoms with Gasteiger partial charge >= 0.3 is 0 Å². The number of nitrogens with one attached hydrogen (secondary N) is 1. The summed E-state index contributed by atoms with van der Waals surface area (Å²) in [6.07, 6.45) is 1.42. The van der Waals surface area contributed by atoms with Crippen molar-refractivity contribution in [2.24, 2.45) is 5.10 Å². The maximum atomic E-state index is 11.8. The van der Waals surface area contributed by atoms with Gasteiger partial charge in [-0.05, 0) is 42.0 Å². The SMILES string of the molecule is O=C(N/N=C/c1ccc([N+](=O)[O-])cc1)c1ccc(Br)cc1. The molecule has 0 aliphatic carbocycles. The van der Waals surface area contributed by atoms with Crippen LogP contribution in [0.15, 0.2) is 58.1 Å². The van der Waals surface area contributed by atoms with Crippen molar-refractivity contribution in [3.05, 3.63) is 74.2 Å². The summed E-state index contributed by atoms with van der Waals surface area (Å²) in [5, 5.41) is 14.3. The number of nitro groups is 1. The molecule has 1 N–H and O–H groups in total. The first kappa shape index (κ1) is 14.9. The minimum Gasteiger partial charge on any atom is -0.267 e. The highest BCUT2D eigenvalue weighted by Crippen LogP contribution is 2.11. The lowest BCUT2D eigenvalue weighted by molar-refractivity contribution is -0.384. The van der Waals surface area contributed by atoms with Crippen LogP contribution in [0.25, 0.3) is 0 Å². The third-order valence-electron chi connectivity index (χ3n) is 2.59. The number of carbonyl (C=O) groups is 1. The van der Waals surface area contributed by atoms with E-state index in [-0.39, 0.29) is 11.6 Å². The Hall–Kier alpha value is -2.54. The third-order valence-corrected chi connectivity index (χ3v) is 3.12. The van der Waals surface area contributed by atoms with E-state index < -0.39 is 4.92 Å². The first-order valence-electron chi connectivity index (χ1n) is 5.90. The number of non-ortho nitro benzene ring substituents is 1. The number of carbonyl (C=O) groups excluding carboxylic acids is 1. The smallest absolute Gasteiger partial charge is 0.267 e. The molecule has 2 aromatic carbocycles. The van der Waals surface area contributed by atoms with Gasteiger partial charge in [0.2, 0.25) is 0 Å². The van der Waals surface area contributed by atoms with E-state index in [4.69, 9.17) is 0 Å². The summed E-state index contributed by atoms with van der Waals surface area (Å²) in [4.78, 5) is 21.8. The van der Waals surface area contributed by atoms with Gasteiger partial charge in [-0.2, -0.15) is 5.10 Å². The molecule has 2 rings (SSSR count). The van der Waals surface area contributed by atoms with E-state index in [0.717, 1.165) is 4.47 Å². The molecule has 21 heavy (non-hydrogen) atoms. The average molecular weight is 348 g/mol. The molecule has 7 heteroatoms. The van der Waals surface area contributed by atoms with Crippen LogP contribution in [0.1, 0.15) is 15.9 Å². The van der Waals surface area contributed by atoms with E-state index in [0.29, 0.717) is 11.1 Å². The van der Waals surface area contributed by atoms with Crippen LogP contribution in [0.3, 0.4) is 0 Å². The number of rotatable bonds is 4. The Bertz CT molecular complexity index is 682. The predicted molar refractivity (Wildman–Crippen MR) is 82.3 cm³/mol. The van der Waals surface area contributed by atoms with E-state index in [9.17, 15) is 14.9 Å². The van der Waals surface area contributed by atoms with Crippen LogP contribution in [0.2, 0.25) is 0 Å². The largest absolute Gasteiger partial charge is 0.271 e. The van der Waals surface area contributed by atoms with Gasteiger partial charge in [0.15, 0.2) is 0 Å². The maximum Gasteiger partial charge on any atom is 0.271 e. The number of hydrazone groups is 1. The second-order valence-corrected chi connectivity index (χ2v) is 4.97. The van der Waals surface area contributed by atoms with Gasteiger partial charge < -0.3 is 0 Å². The number of hydrogen-bond donors (Lipinski definition) is 1. The fourth-order valence-corrected chi connectivity index (χ4v) is 1.78.